The number of nitrogens with zero attached hydrogens (tertiary/aromatic N) is 1. The minimum atomic E-state index is -0.845. The molecular formula is C13H28N2O2. The molecule has 0 unspecified atom stereocenters. The van der Waals surface area contributed by atoms with Crippen molar-refractivity contribution in [3.05, 3.63) is 0 Å². The number of likely N-dealkylation sites (N-methyl/N-ethyl adjacent to an activating group) is 1. The Bertz CT molecular complexity index is 251. The summed E-state index contributed by atoms with van der Waals surface area (Å²) < 4.78 is 0. The minimum absolute atomic E-state index is 0.00231. The fraction of sp³-hybridized carbons (Fsp3) is 0.923. The molecule has 0 heterocycles. The number of nitrogens with one attached hydrogen (secondary N) is 1. The van der Waals surface area contributed by atoms with Gasteiger partial charge in [0, 0.05) is 18.1 Å². The van der Waals surface area contributed by atoms with Crippen LogP contribution in [0.25, 0.3) is 0 Å². The van der Waals surface area contributed by atoms with Crippen LogP contribution >= 0.6 is 0 Å². The largest absolute Gasteiger partial charge is 0.465 e. The van der Waals surface area contributed by atoms with Crippen LogP contribution < -0.4 is 5.32 Å². The van der Waals surface area contributed by atoms with E-state index >= 15 is 0 Å². The van der Waals surface area contributed by atoms with Gasteiger partial charge in [-0.15, -0.1) is 0 Å². The lowest BCUT2D eigenvalue weighted by atomic mass is 9.86. The first-order valence-electron chi connectivity index (χ1n) is 6.16. The molecule has 17 heavy (non-hydrogen) atoms. The van der Waals surface area contributed by atoms with E-state index in [9.17, 15) is 9.90 Å². The third-order valence-corrected chi connectivity index (χ3v) is 2.58. The van der Waals surface area contributed by atoms with Crippen molar-refractivity contribution < 1.29 is 9.90 Å². The van der Waals surface area contributed by atoms with Gasteiger partial charge in [-0.3, -0.25) is 4.90 Å². The van der Waals surface area contributed by atoms with Crippen LogP contribution in [0.4, 0.5) is 4.79 Å². The molecule has 0 aromatic rings. The van der Waals surface area contributed by atoms with Crippen molar-refractivity contribution in [2.24, 2.45) is 5.41 Å². The van der Waals surface area contributed by atoms with Gasteiger partial charge < -0.3 is 10.4 Å². The molecule has 0 aliphatic carbocycles. The maximum Gasteiger partial charge on any atom is 0.408 e. The molecule has 0 aromatic carbocycles. The second kappa shape index (κ2) is 5.71. The molecule has 2 N–H and O–H groups in total. The molecule has 4 heteroatoms. The van der Waals surface area contributed by atoms with Gasteiger partial charge in [0.25, 0.3) is 0 Å². The smallest absolute Gasteiger partial charge is 0.408 e. The predicted octanol–water partition coefficient (Wildman–Crippen LogP) is 2.79. The van der Waals surface area contributed by atoms with Gasteiger partial charge in [-0.1, -0.05) is 20.8 Å². The van der Waals surface area contributed by atoms with Crippen LogP contribution in [0.2, 0.25) is 0 Å². The monoisotopic (exact) mass is 244 g/mol. The number of amides is 1. The van der Waals surface area contributed by atoms with Crippen LogP contribution in [0.1, 0.15) is 48.0 Å². The van der Waals surface area contributed by atoms with Gasteiger partial charge in [-0.05, 0) is 39.7 Å². The van der Waals surface area contributed by atoms with Crippen molar-refractivity contribution in [1.29, 1.82) is 0 Å². The molecule has 0 radical (unpaired) electrons. The third-order valence-electron chi connectivity index (χ3n) is 2.58. The first-order valence-corrected chi connectivity index (χ1v) is 6.16. The van der Waals surface area contributed by atoms with E-state index in [1.807, 2.05) is 27.8 Å². The summed E-state index contributed by atoms with van der Waals surface area (Å²) in [5.41, 5.74) is -0.265. The number of carbonyl (C=O) groups is 1. The molecule has 0 aromatic heterocycles. The van der Waals surface area contributed by atoms with Gasteiger partial charge in [-0.25, -0.2) is 4.79 Å². The van der Waals surface area contributed by atoms with E-state index in [-0.39, 0.29) is 17.0 Å². The number of hydrogen-bond acceptors (Lipinski definition) is 2. The van der Waals surface area contributed by atoms with E-state index < -0.39 is 6.09 Å². The molecule has 0 rings (SSSR count). The molecule has 0 fully saturated rings. The zero-order valence-electron chi connectivity index (χ0n) is 12.3. The second-order valence-corrected chi connectivity index (χ2v) is 6.80. The summed E-state index contributed by atoms with van der Waals surface area (Å²) in [5, 5.41) is 12.5. The van der Waals surface area contributed by atoms with Crippen molar-refractivity contribution in [3.63, 3.8) is 0 Å². The third kappa shape index (κ3) is 5.91. The summed E-state index contributed by atoms with van der Waals surface area (Å²) in [6, 6.07) is -0.00231. The highest BCUT2D eigenvalue weighted by molar-refractivity contribution is 5.66. The Morgan fingerprint density at radius 1 is 1.24 bits per heavy atom. The van der Waals surface area contributed by atoms with Crippen LogP contribution in [-0.2, 0) is 0 Å². The average Bonchev–Trinajstić information content (AvgIpc) is 1.96. The van der Waals surface area contributed by atoms with Gasteiger partial charge in [0.2, 0.25) is 0 Å². The molecule has 0 aliphatic heterocycles. The normalized spacial score (nSPS) is 14.5. The van der Waals surface area contributed by atoms with Crippen LogP contribution in [0.15, 0.2) is 0 Å². The lowest BCUT2D eigenvalue weighted by Crippen LogP contribution is -2.55. The van der Waals surface area contributed by atoms with Crippen LogP contribution in [0, 0.1) is 5.41 Å². The molecule has 0 saturated heterocycles. The van der Waals surface area contributed by atoms with E-state index in [0.29, 0.717) is 6.54 Å². The highest BCUT2D eigenvalue weighted by atomic mass is 16.4. The Morgan fingerprint density at radius 2 is 1.71 bits per heavy atom. The highest BCUT2D eigenvalue weighted by Crippen LogP contribution is 2.27. The molecule has 0 spiro atoms. The molecule has 0 aliphatic rings. The molecule has 4 nitrogen and oxygen atoms in total. The summed E-state index contributed by atoms with van der Waals surface area (Å²) in [5.74, 6) is 0. The van der Waals surface area contributed by atoms with Gasteiger partial charge in [0.15, 0.2) is 0 Å². The summed E-state index contributed by atoms with van der Waals surface area (Å²) in [4.78, 5) is 13.0. The van der Waals surface area contributed by atoms with Crippen LogP contribution in [0.3, 0.4) is 0 Å². The van der Waals surface area contributed by atoms with Crippen molar-refractivity contribution >= 4 is 6.09 Å². The van der Waals surface area contributed by atoms with Crippen molar-refractivity contribution in [3.8, 4) is 0 Å². The van der Waals surface area contributed by atoms with E-state index in [0.717, 1.165) is 6.42 Å². The fourth-order valence-corrected chi connectivity index (χ4v) is 2.19. The number of rotatable bonds is 4. The van der Waals surface area contributed by atoms with Crippen LogP contribution in [0.5, 0.6) is 0 Å². The maximum atomic E-state index is 11.4. The average molecular weight is 244 g/mol. The Hall–Kier alpha value is -0.770. The highest BCUT2D eigenvalue weighted by Gasteiger charge is 2.34. The Balaban J connectivity index is 5.04. The molecule has 0 bridgehead atoms. The molecule has 102 valence electrons. The van der Waals surface area contributed by atoms with Crippen LogP contribution in [-0.4, -0.2) is 41.3 Å². The van der Waals surface area contributed by atoms with Crippen molar-refractivity contribution in [2.75, 3.05) is 13.6 Å². The quantitative estimate of drug-likeness (QED) is 0.799. The first-order chi connectivity index (χ1) is 7.49. The Labute approximate surface area is 105 Å². The zero-order chi connectivity index (χ0) is 13.9. The number of carboxylic acid groups (broad SMARTS) is 1. The van der Waals surface area contributed by atoms with Gasteiger partial charge in [0.1, 0.15) is 0 Å². The van der Waals surface area contributed by atoms with E-state index in [1.165, 1.54) is 0 Å². The van der Waals surface area contributed by atoms with Crippen molar-refractivity contribution in [2.45, 2.75) is 59.5 Å². The van der Waals surface area contributed by atoms with Gasteiger partial charge in [-0.2, -0.15) is 0 Å². The topological polar surface area (TPSA) is 52.6 Å². The Morgan fingerprint density at radius 3 is 1.94 bits per heavy atom. The van der Waals surface area contributed by atoms with Gasteiger partial charge >= 0.3 is 6.09 Å². The Kier molecular flexibility index (Phi) is 5.46. The van der Waals surface area contributed by atoms with E-state index in [1.54, 1.807) is 4.90 Å². The SMILES string of the molecule is CNC[C@H](CC(C)(C)C)N(C(=O)O)C(C)(C)C. The molecule has 1 atom stereocenters. The van der Waals surface area contributed by atoms with E-state index in [4.69, 9.17) is 0 Å². The fourth-order valence-electron chi connectivity index (χ4n) is 2.19. The summed E-state index contributed by atoms with van der Waals surface area (Å²) in [6.45, 7) is 12.9. The summed E-state index contributed by atoms with van der Waals surface area (Å²) in [6.07, 6.45) is -0.000718. The zero-order valence-corrected chi connectivity index (χ0v) is 12.3. The standard InChI is InChI=1S/C13H28N2O2/c1-12(2,3)8-10(9-14-7)15(11(16)17)13(4,5)6/h10,14H,8-9H2,1-7H3,(H,16,17)/t10-/m0/s1. The maximum absolute atomic E-state index is 11.4. The number of hydrogen-bond donors (Lipinski definition) is 2. The summed E-state index contributed by atoms with van der Waals surface area (Å²) in [7, 11) is 1.86. The van der Waals surface area contributed by atoms with Crippen molar-refractivity contribution in [1.82, 2.24) is 10.2 Å². The van der Waals surface area contributed by atoms with E-state index in [2.05, 4.69) is 26.1 Å². The predicted molar refractivity (Wildman–Crippen MR) is 71.4 cm³/mol. The lowest BCUT2D eigenvalue weighted by molar-refractivity contribution is 0.0559. The molecule has 1 amide bonds. The first kappa shape index (κ1) is 16.2. The lowest BCUT2D eigenvalue weighted by Gasteiger charge is -2.42. The minimum Gasteiger partial charge on any atom is -0.465 e. The molecule has 0 saturated carbocycles. The molecular weight excluding hydrogens is 216 g/mol. The summed E-state index contributed by atoms with van der Waals surface area (Å²) >= 11 is 0. The van der Waals surface area contributed by atoms with Gasteiger partial charge in [0.05, 0.1) is 0 Å². The second-order valence-electron chi connectivity index (χ2n) is 6.80.